The summed E-state index contributed by atoms with van der Waals surface area (Å²) in [6.07, 6.45) is 5.87. The molecule has 1 aliphatic rings. The highest BCUT2D eigenvalue weighted by Crippen LogP contribution is 2.26. The quantitative estimate of drug-likeness (QED) is 0.870. The van der Waals surface area contributed by atoms with E-state index in [0.29, 0.717) is 6.04 Å². The molecule has 5 nitrogen and oxygen atoms in total. The highest BCUT2D eigenvalue weighted by Gasteiger charge is 2.31. The Kier molecular flexibility index (Phi) is 4.28. The normalized spacial score (nSPS) is 18.1. The maximum atomic E-state index is 13.1. The second kappa shape index (κ2) is 6.22. The molecule has 1 fully saturated rings. The molecular weight excluding hydrogens is 288 g/mol. The van der Waals surface area contributed by atoms with Crippen molar-refractivity contribution in [3.05, 3.63) is 41.5 Å². The molecule has 0 N–H and O–H groups in total. The Morgan fingerprint density at radius 1 is 1.39 bits per heavy atom. The van der Waals surface area contributed by atoms with Crippen LogP contribution in [0.25, 0.3) is 0 Å². The lowest BCUT2D eigenvalue weighted by Gasteiger charge is -2.25. The standard InChI is InChI=1S/C18H26N4O/c1-13(2)22-14(3)11-17(15(22)4)18(23)21-10-5-7-16(21)12-20-9-6-8-19-20/h6,8-9,11,13,16H,5,7,10,12H2,1-4H3. The lowest BCUT2D eigenvalue weighted by molar-refractivity contribution is 0.0720. The third-order valence-electron chi connectivity index (χ3n) is 4.83. The molecule has 1 aliphatic heterocycles. The van der Waals surface area contributed by atoms with Crippen molar-refractivity contribution in [1.82, 2.24) is 19.2 Å². The van der Waals surface area contributed by atoms with Crippen LogP contribution in [-0.2, 0) is 6.54 Å². The maximum absolute atomic E-state index is 13.1. The van der Waals surface area contributed by atoms with Gasteiger partial charge in [0.15, 0.2) is 0 Å². The Bertz CT molecular complexity index is 684. The van der Waals surface area contributed by atoms with E-state index in [1.165, 1.54) is 0 Å². The third kappa shape index (κ3) is 2.92. The Morgan fingerprint density at radius 2 is 2.17 bits per heavy atom. The van der Waals surface area contributed by atoms with E-state index in [9.17, 15) is 4.79 Å². The van der Waals surface area contributed by atoms with Gasteiger partial charge in [0.05, 0.1) is 18.2 Å². The van der Waals surface area contributed by atoms with Crippen LogP contribution in [0.5, 0.6) is 0 Å². The molecule has 0 aliphatic carbocycles. The van der Waals surface area contributed by atoms with E-state index in [2.05, 4.69) is 37.4 Å². The van der Waals surface area contributed by atoms with Crippen LogP contribution >= 0.6 is 0 Å². The van der Waals surface area contributed by atoms with Crippen molar-refractivity contribution < 1.29 is 4.79 Å². The topological polar surface area (TPSA) is 43.1 Å². The lowest BCUT2D eigenvalue weighted by atomic mass is 10.1. The first-order valence-corrected chi connectivity index (χ1v) is 8.46. The number of hydrogen-bond donors (Lipinski definition) is 0. The molecular formula is C18H26N4O. The predicted molar refractivity (Wildman–Crippen MR) is 90.6 cm³/mol. The van der Waals surface area contributed by atoms with Crippen molar-refractivity contribution in [3.8, 4) is 0 Å². The van der Waals surface area contributed by atoms with Crippen molar-refractivity contribution in [1.29, 1.82) is 0 Å². The van der Waals surface area contributed by atoms with Crippen molar-refractivity contribution in [2.24, 2.45) is 0 Å². The minimum atomic E-state index is 0.166. The summed E-state index contributed by atoms with van der Waals surface area (Å²) in [4.78, 5) is 15.1. The van der Waals surface area contributed by atoms with E-state index in [-0.39, 0.29) is 11.9 Å². The van der Waals surface area contributed by atoms with Gasteiger partial charge in [-0.1, -0.05) is 0 Å². The van der Waals surface area contributed by atoms with E-state index < -0.39 is 0 Å². The fraction of sp³-hybridized carbons (Fsp3) is 0.556. The molecule has 0 aromatic carbocycles. The second-order valence-electron chi connectivity index (χ2n) is 6.77. The molecule has 1 saturated heterocycles. The van der Waals surface area contributed by atoms with Crippen LogP contribution in [0.4, 0.5) is 0 Å². The summed E-state index contributed by atoms with van der Waals surface area (Å²) in [5.41, 5.74) is 3.08. The van der Waals surface area contributed by atoms with Gasteiger partial charge in [-0.05, 0) is 52.7 Å². The molecule has 5 heteroatoms. The molecule has 124 valence electrons. The van der Waals surface area contributed by atoms with Crippen LogP contribution in [0.3, 0.4) is 0 Å². The van der Waals surface area contributed by atoms with Gasteiger partial charge in [-0.2, -0.15) is 5.10 Å². The van der Waals surface area contributed by atoms with Gasteiger partial charge in [0.25, 0.3) is 5.91 Å². The van der Waals surface area contributed by atoms with E-state index in [1.54, 1.807) is 6.20 Å². The summed E-state index contributed by atoms with van der Waals surface area (Å²) in [6, 6.07) is 4.58. The van der Waals surface area contributed by atoms with Gasteiger partial charge >= 0.3 is 0 Å². The lowest BCUT2D eigenvalue weighted by Crippen LogP contribution is -2.38. The first-order chi connectivity index (χ1) is 11.0. The summed E-state index contributed by atoms with van der Waals surface area (Å²) < 4.78 is 4.17. The molecule has 3 heterocycles. The fourth-order valence-electron chi connectivity index (χ4n) is 3.86. The predicted octanol–water partition coefficient (Wildman–Crippen LogP) is 3.19. The molecule has 3 rings (SSSR count). The van der Waals surface area contributed by atoms with E-state index in [1.807, 2.05) is 27.9 Å². The van der Waals surface area contributed by atoms with E-state index >= 15 is 0 Å². The number of aryl methyl sites for hydroxylation is 1. The Hall–Kier alpha value is -2.04. The summed E-state index contributed by atoms with van der Waals surface area (Å²) in [5.74, 6) is 0.166. The third-order valence-corrected chi connectivity index (χ3v) is 4.83. The molecule has 0 spiro atoms. The summed E-state index contributed by atoms with van der Waals surface area (Å²) in [7, 11) is 0. The number of hydrogen-bond acceptors (Lipinski definition) is 2. The number of carbonyl (C=O) groups is 1. The largest absolute Gasteiger partial charge is 0.346 e. The molecule has 0 saturated carbocycles. The summed E-state index contributed by atoms with van der Waals surface area (Å²) >= 11 is 0. The smallest absolute Gasteiger partial charge is 0.255 e. The molecule has 0 radical (unpaired) electrons. The van der Waals surface area contributed by atoms with Crippen molar-refractivity contribution in [2.45, 2.75) is 59.2 Å². The number of rotatable bonds is 4. The molecule has 1 amide bonds. The SMILES string of the molecule is Cc1cc(C(=O)N2CCCC2Cn2cccn2)c(C)n1C(C)C. The van der Waals surface area contributed by atoms with Crippen LogP contribution in [0.2, 0.25) is 0 Å². The van der Waals surface area contributed by atoms with Crippen molar-refractivity contribution in [3.63, 3.8) is 0 Å². The van der Waals surface area contributed by atoms with Crippen molar-refractivity contribution in [2.75, 3.05) is 6.54 Å². The Balaban J connectivity index is 1.83. The molecule has 2 aromatic rings. The summed E-state index contributed by atoms with van der Waals surface area (Å²) in [6.45, 7) is 10.1. The van der Waals surface area contributed by atoms with Gasteiger partial charge < -0.3 is 9.47 Å². The Morgan fingerprint density at radius 3 is 2.78 bits per heavy atom. The van der Waals surface area contributed by atoms with E-state index in [0.717, 1.165) is 42.9 Å². The average molecular weight is 314 g/mol. The molecule has 1 atom stereocenters. The first kappa shape index (κ1) is 15.8. The highest BCUT2D eigenvalue weighted by molar-refractivity contribution is 5.96. The van der Waals surface area contributed by atoms with Crippen LogP contribution in [-0.4, -0.2) is 37.7 Å². The van der Waals surface area contributed by atoms with Crippen LogP contribution in [0, 0.1) is 13.8 Å². The zero-order valence-electron chi connectivity index (χ0n) is 14.5. The number of nitrogens with zero attached hydrogens (tertiary/aromatic N) is 4. The maximum Gasteiger partial charge on any atom is 0.255 e. The second-order valence-corrected chi connectivity index (χ2v) is 6.77. The highest BCUT2D eigenvalue weighted by atomic mass is 16.2. The molecule has 2 aromatic heterocycles. The van der Waals surface area contributed by atoms with Gasteiger partial charge in [0.1, 0.15) is 0 Å². The van der Waals surface area contributed by atoms with Crippen molar-refractivity contribution >= 4 is 5.91 Å². The van der Waals surface area contributed by atoms with Gasteiger partial charge in [0, 0.05) is 36.4 Å². The number of amides is 1. The van der Waals surface area contributed by atoms with E-state index in [4.69, 9.17) is 0 Å². The minimum Gasteiger partial charge on any atom is -0.346 e. The zero-order valence-corrected chi connectivity index (χ0v) is 14.5. The van der Waals surface area contributed by atoms with Gasteiger partial charge in [-0.3, -0.25) is 9.48 Å². The van der Waals surface area contributed by atoms with Gasteiger partial charge in [0.2, 0.25) is 0 Å². The monoisotopic (exact) mass is 314 g/mol. The van der Waals surface area contributed by atoms with Gasteiger partial charge in [-0.15, -0.1) is 0 Å². The van der Waals surface area contributed by atoms with Gasteiger partial charge in [-0.25, -0.2) is 0 Å². The fourth-order valence-corrected chi connectivity index (χ4v) is 3.86. The van der Waals surface area contributed by atoms with Crippen LogP contribution < -0.4 is 0 Å². The Labute approximate surface area is 137 Å². The first-order valence-electron chi connectivity index (χ1n) is 8.46. The molecule has 23 heavy (non-hydrogen) atoms. The molecule has 0 bridgehead atoms. The molecule has 1 unspecified atom stereocenters. The van der Waals surface area contributed by atoms with Crippen LogP contribution in [0.1, 0.15) is 54.5 Å². The number of likely N-dealkylation sites (tertiary alicyclic amines) is 1. The van der Waals surface area contributed by atoms with Crippen LogP contribution in [0.15, 0.2) is 24.5 Å². The number of carbonyl (C=O) groups excluding carboxylic acids is 1. The number of aromatic nitrogens is 3. The average Bonchev–Trinajstić information content (AvgIpc) is 3.20. The summed E-state index contributed by atoms with van der Waals surface area (Å²) in [5, 5.41) is 4.28. The minimum absolute atomic E-state index is 0.166. The zero-order chi connectivity index (χ0) is 16.6.